The third-order valence-electron chi connectivity index (χ3n) is 2.77. The molecule has 0 saturated carbocycles. The first-order valence-corrected chi connectivity index (χ1v) is 5.87. The van der Waals surface area contributed by atoms with Crippen LogP contribution in [0.4, 0.5) is 10.5 Å². The molecule has 1 aromatic carbocycles. The minimum Gasteiger partial charge on any atom is -0.375 e. The van der Waals surface area contributed by atoms with Crippen molar-refractivity contribution in [2.45, 2.75) is 13.0 Å². The predicted molar refractivity (Wildman–Crippen MR) is 67.2 cm³/mol. The Labute approximate surface area is 106 Å². The molecule has 1 fully saturated rings. The predicted octanol–water partition coefficient (Wildman–Crippen LogP) is 1.81. The fraction of sp³-hybridized carbons (Fsp3) is 0.385. The summed E-state index contributed by atoms with van der Waals surface area (Å²) in [4.78, 5) is 13.7. The van der Waals surface area contributed by atoms with Crippen LogP contribution in [-0.2, 0) is 4.74 Å². The largest absolute Gasteiger partial charge is 0.375 e. The van der Waals surface area contributed by atoms with Gasteiger partial charge in [0, 0.05) is 18.8 Å². The SMILES string of the molecule is C[C@@H]1CN(C(=O)Nc2cccc(C#N)c2)CCO1. The Morgan fingerprint density at radius 1 is 1.61 bits per heavy atom. The van der Waals surface area contributed by atoms with Crippen molar-refractivity contribution < 1.29 is 9.53 Å². The van der Waals surface area contributed by atoms with Crippen molar-refractivity contribution in [3.05, 3.63) is 29.8 Å². The van der Waals surface area contributed by atoms with Crippen LogP contribution in [-0.4, -0.2) is 36.7 Å². The molecule has 1 N–H and O–H groups in total. The van der Waals surface area contributed by atoms with Gasteiger partial charge in [-0.2, -0.15) is 5.26 Å². The average molecular weight is 245 g/mol. The summed E-state index contributed by atoms with van der Waals surface area (Å²) in [5.74, 6) is 0. The van der Waals surface area contributed by atoms with Gasteiger partial charge in [-0.15, -0.1) is 0 Å². The standard InChI is InChI=1S/C13H15N3O2/c1-10-9-16(5-6-18-10)13(17)15-12-4-2-3-11(7-12)8-14/h2-4,7,10H,5-6,9H2,1H3,(H,15,17)/t10-/m1/s1. The highest BCUT2D eigenvalue weighted by Gasteiger charge is 2.21. The number of nitrogens with one attached hydrogen (secondary N) is 1. The Hall–Kier alpha value is -2.06. The van der Waals surface area contributed by atoms with Crippen LogP contribution in [0.5, 0.6) is 0 Å². The van der Waals surface area contributed by atoms with E-state index in [9.17, 15) is 4.79 Å². The van der Waals surface area contributed by atoms with Crippen molar-refractivity contribution in [1.29, 1.82) is 5.26 Å². The lowest BCUT2D eigenvalue weighted by molar-refractivity contribution is -0.00138. The molecule has 2 amide bonds. The smallest absolute Gasteiger partial charge is 0.322 e. The lowest BCUT2D eigenvalue weighted by atomic mass is 10.2. The summed E-state index contributed by atoms with van der Waals surface area (Å²) in [5, 5.41) is 11.6. The Balaban J connectivity index is 2.00. The topological polar surface area (TPSA) is 65.4 Å². The van der Waals surface area contributed by atoms with E-state index < -0.39 is 0 Å². The molecule has 0 aromatic heterocycles. The lowest BCUT2D eigenvalue weighted by Gasteiger charge is -2.31. The summed E-state index contributed by atoms with van der Waals surface area (Å²) in [6.45, 7) is 3.68. The summed E-state index contributed by atoms with van der Waals surface area (Å²) >= 11 is 0. The normalized spacial score (nSPS) is 19.1. The number of rotatable bonds is 1. The maximum absolute atomic E-state index is 12.0. The van der Waals surface area contributed by atoms with Crippen molar-refractivity contribution in [2.24, 2.45) is 0 Å². The van der Waals surface area contributed by atoms with E-state index >= 15 is 0 Å². The van der Waals surface area contributed by atoms with Gasteiger partial charge in [0.2, 0.25) is 0 Å². The highest BCUT2D eigenvalue weighted by Crippen LogP contribution is 2.12. The van der Waals surface area contributed by atoms with Crippen LogP contribution >= 0.6 is 0 Å². The highest BCUT2D eigenvalue weighted by atomic mass is 16.5. The number of nitriles is 1. The fourth-order valence-electron chi connectivity index (χ4n) is 1.87. The van der Waals surface area contributed by atoms with E-state index in [4.69, 9.17) is 10.00 Å². The molecule has 5 heteroatoms. The maximum Gasteiger partial charge on any atom is 0.322 e. The van der Waals surface area contributed by atoms with Crippen LogP contribution in [0.2, 0.25) is 0 Å². The Bertz CT molecular complexity index is 481. The van der Waals surface area contributed by atoms with Crippen LogP contribution in [0.15, 0.2) is 24.3 Å². The zero-order valence-electron chi connectivity index (χ0n) is 10.2. The molecular weight excluding hydrogens is 230 g/mol. The fourth-order valence-corrected chi connectivity index (χ4v) is 1.87. The number of ether oxygens (including phenoxy) is 1. The van der Waals surface area contributed by atoms with Gasteiger partial charge in [0.05, 0.1) is 24.3 Å². The Morgan fingerprint density at radius 3 is 3.17 bits per heavy atom. The van der Waals surface area contributed by atoms with Crippen LogP contribution in [0.1, 0.15) is 12.5 Å². The van der Waals surface area contributed by atoms with E-state index in [1.807, 2.05) is 13.0 Å². The summed E-state index contributed by atoms with van der Waals surface area (Å²) in [5.41, 5.74) is 1.17. The molecule has 1 saturated heterocycles. The van der Waals surface area contributed by atoms with Crippen LogP contribution in [0.3, 0.4) is 0 Å². The first-order chi connectivity index (χ1) is 8.69. The van der Waals surface area contributed by atoms with Crippen LogP contribution < -0.4 is 5.32 Å². The van der Waals surface area contributed by atoms with Gasteiger partial charge in [-0.3, -0.25) is 0 Å². The molecule has 5 nitrogen and oxygen atoms in total. The molecule has 0 bridgehead atoms. The van der Waals surface area contributed by atoms with Gasteiger partial charge in [-0.25, -0.2) is 4.79 Å². The number of anilines is 1. The van der Waals surface area contributed by atoms with Crippen molar-refractivity contribution >= 4 is 11.7 Å². The van der Waals surface area contributed by atoms with Gasteiger partial charge >= 0.3 is 6.03 Å². The average Bonchev–Trinajstić information content (AvgIpc) is 2.39. The quantitative estimate of drug-likeness (QED) is 0.820. The Morgan fingerprint density at radius 2 is 2.44 bits per heavy atom. The summed E-state index contributed by atoms with van der Waals surface area (Å²) < 4.78 is 5.38. The van der Waals surface area contributed by atoms with Gasteiger partial charge in [0.15, 0.2) is 0 Å². The molecular formula is C13H15N3O2. The minimum absolute atomic E-state index is 0.0648. The number of urea groups is 1. The second kappa shape index (κ2) is 5.52. The van der Waals surface area contributed by atoms with Gasteiger partial charge in [0.25, 0.3) is 0 Å². The zero-order chi connectivity index (χ0) is 13.0. The Kier molecular flexibility index (Phi) is 3.80. The molecule has 1 aromatic rings. The third kappa shape index (κ3) is 2.99. The van der Waals surface area contributed by atoms with E-state index in [1.165, 1.54) is 0 Å². The lowest BCUT2D eigenvalue weighted by Crippen LogP contribution is -2.46. The van der Waals surface area contributed by atoms with E-state index in [1.54, 1.807) is 29.2 Å². The first-order valence-electron chi connectivity index (χ1n) is 5.87. The van der Waals surface area contributed by atoms with E-state index in [-0.39, 0.29) is 12.1 Å². The van der Waals surface area contributed by atoms with Gasteiger partial charge in [-0.05, 0) is 25.1 Å². The maximum atomic E-state index is 12.0. The van der Waals surface area contributed by atoms with Gasteiger partial charge in [-0.1, -0.05) is 6.07 Å². The van der Waals surface area contributed by atoms with Gasteiger partial charge < -0.3 is 15.0 Å². The number of carbonyl (C=O) groups excluding carboxylic acids is 1. The monoisotopic (exact) mass is 245 g/mol. The highest BCUT2D eigenvalue weighted by molar-refractivity contribution is 5.89. The molecule has 94 valence electrons. The second-order valence-electron chi connectivity index (χ2n) is 4.25. The van der Waals surface area contributed by atoms with E-state index in [0.29, 0.717) is 30.9 Å². The number of hydrogen-bond donors (Lipinski definition) is 1. The number of amides is 2. The minimum atomic E-state index is -0.153. The van der Waals surface area contributed by atoms with Crippen LogP contribution in [0.25, 0.3) is 0 Å². The van der Waals surface area contributed by atoms with Gasteiger partial charge in [0.1, 0.15) is 0 Å². The number of nitrogens with zero attached hydrogens (tertiary/aromatic N) is 2. The van der Waals surface area contributed by atoms with Crippen molar-refractivity contribution in [3.63, 3.8) is 0 Å². The van der Waals surface area contributed by atoms with Crippen molar-refractivity contribution in [3.8, 4) is 6.07 Å². The molecule has 0 spiro atoms. The molecule has 18 heavy (non-hydrogen) atoms. The number of morpholine rings is 1. The number of carbonyl (C=O) groups is 1. The van der Waals surface area contributed by atoms with Crippen molar-refractivity contribution in [1.82, 2.24) is 4.90 Å². The first kappa shape index (κ1) is 12.4. The third-order valence-corrected chi connectivity index (χ3v) is 2.77. The molecule has 1 aliphatic rings. The summed E-state index contributed by atoms with van der Waals surface area (Å²) in [6, 6.07) is 8.76. The molecule has 1 heterocycles. The molecule has 0 radical (unpaired) electrons. The number of benzene rings is 1. The zero-order valence-corrected chi connectivity index (χ0v) is 10.2. The van der Waals surface area contributed by atoms with Crippen LogP contribution in [0, 0.1) is 11.3 Å². The summed E-state index contributed by atoms with van der Waals surface area (Å²) in [6.07, 6.45) is 0.0648. The number of hydrogen-bond acceptors (Lipinski definition) is 3. The molecule has 1 aliphatic heterocycles. The molecule has 0 unspecified atom stereocenters. The molecule has 0 aliphatic carbocycles. The van der Waals surface area contributed by atoms with E-state index in [0.717, 1.165) is 0 Å². The molecule has 2 rings (SSSR count). The second-order valence-corrected chi connectivity index (χ2v) is 4.25. The van der Waals surface area contributed by atoms with Crippen molar-refractivity contribution in [2.75, 3.05) is 25.0 Å². The van der Waals surface area contributed by atoms with E-state index in [2.05, 4.69) is 5.32 Å². The summed E-state index contributed by atoms with van der Waals surface area (Å²) in [7, 11) is 0. The molecule has 1 atom stereocenters.